The minimum Gasteiger partial charge on any atom is -0.391 e. The third kappa shape index (κ3) is 3.23. The Hall–Kier alpha value is -0.0800. The number of nitrogens with zero attached hydrogens (tertiary/aromatic N) is 1. The van der Waals surface area contributed by atoms with Crippen molar-refractivity contribution in [2.75, 3.05) is 6.54 Å². The summed E-state index contributed by atoms with van der Waals surface area (Å²) in [6.07, 6.45) is 10.0. The molecule has 1 N–H and O–H groups in total. The molecular weight excluding hydrogens is 210 g/mol. The number of likely N-dealkylation sites (tertiary alicyclic amines) is 1. The van der Waals surface area contributed by atoms with Gasteiger partial charge in [0.05, 0.1) is 6.10 Å². The van der Waals surface area contributed by atoms with Crippen LogP contribution in [0.2, 0.25) is 0 Å². The van der Waals surface area contributed by atoms with E-state index in [1.165, 1.54) is 51.5 Å². The molecule has 0 aromatic rings. The summed E-state index contributed by atoms with van der Waals surface area (Å²) >= 11 is 0. The molecule has 2 rings (SSSR count). The van der Waals surface area contributed by atoms with Crippen molar-refractivity contribution >= 4 is 0 Å². The van der Waals surface area contributed by atoms with E-state index in [4.69, 9.17) is 0 Å². The van der Waals surface area contributed by atoms with E-state index in [1.54, 1.807) is 0 Å². The first-order chi connectivity index (χ1) is 8.22. The lowest BCUT2D eigenvalue weighted by Gasteiger charge is -2.46. The van der Waals surface area contributed by atoms with Gasteiger partial charge in [0.15, 0.2) is 0 Å². The van der Waals surface area contributed by atoms with Crippen molar-refractivity contribution in [2.24, 2.45) is 5.92 Å². The van der Waals surface area contributed by atoms with Crippen LogP contribution >= 0.6 is 0 Å². The number of hydrogen-bond donors (Lipinski definition) is 1. The van der Waals surface area contributed by atoms with E-state index < -0.39 is 0 Å². The lowest BCUT2D eigenvalue weighted by atomic mass is 9.82. The molecule has 1 aliphatic carbocycles. The molecule has 2 nitrogen and oxygen atoms in total. The van der Waals surface area contributed by atoms with Gasteiger partial charge in [-0.15, -0.1) is 0 Å². The van der Waals surface area contributed by atoms with Crippen LogP contribution in [-0.4, -0.2) is 34.7 Å². The van der Waals surface area contributed by atoms with E-state index in [9.17, 15) is 5.11 Å². The van der Waals surface area contributed by atoms with Crippen LogP contribution in [-0.2, 0) is 0 Å². The zero-order chi connectivity index (χ0) is 12.3. The molecule has 1 saturated heterocycles. The second kappa shape index (κ2) is 6.19. The van der Waals surface area contributed by atoms with Gasteiger partial charge < -0.3 is 5.11 Å². The fourth-order valence-corrected chi connectivity index (χ4v) is 3.79. The maximum atomic E-state index is 10.3. The van der Waals surface area contributed by atoms with Gasteiger partial charge in [-0.05, 0) is 51.0 Å². The average Bonchev–Trinajstić information content (AvgIpc) is 2.34. The van der Waals surface area contributed by atoms with E-state index in [-0.39, 0.29) is 6.10 Å². The zero-order valence-electron chi connectivity index (χ0n) is 11.6. The monoisotopic (exact) mass is 239 g/mol. The van der Waals surface area contributed by atoms with E-state index in [0.29, 0.717) is 6.04 Å². The van der Waals surface area contributed by atoms with Gasteiger partial charge in [-0.25, -0.2) is 0 Å². The van der Waals surface area contributed by atoms with Crippen molar-refractivity contribution in [1.29, 1.82) is 0 Å². The summed E-state index contributed by atoms with van der Waals surface area (Å²) in [7, 11) is 0. The van der Waals surface area contributed by atoms with Crippen LogP contribution in [0.5, 0.6) is 0 Å². The normalized spacial score (nSPS) is 40.4. The molecule has 1 heterocycles. The molecule has 2 aliphatic rings. The third-order valence-electron chi connectivity index (χ3n) is 4.76. The van der Waals surface area contributed by atoms with E-state index in [2.05, 4.69) is 18.7 Å². The van der Waals surface area contributed by atoms with E-state index in [0.717, 1.165) is 18.4 Å². The number of rotatable bonds is 3. The molecule has 4 atom stereocenters. The fourth-order valence-electron chi connectivity index (χ4n) is 3.79. The summed E-state index contributed by atoms with van der Waals surface area (Å²) in [4.78, 5) is 2.66. The van der Waals surface area contributed by atoms with Gasteiger partial charge in [-0.2, -0.15) is 0 Å². The highest BCUT2D eigenvalue weighted by atomic mass is 16.3. The van der Waals surface area contributed by atoms with Gasteiger partial charge >= 0.3 is 0 Å². The minimum atomic E-state index is -0.0661. The summed E-state index contributed by atoms with van der Waals surface area (Å²) in [5.74, 6) is 0.799. The molecule has 0 bridgehead atoms. The van der Waals surface area contributed by atoms with Gasteiger partial charge in [-0.1, -0.05) is 26.7 Å². The van der Waals surface area contributed by atoms with Gasteiger partial charge in [0.25, 0.3) is 0 Å². The van der Waals surface area contributed by atoms with Crippen LogP contribution in [0.4, 0.5) is 0 Å². The standard InChI is InChI=1S/C15H29NO/c1-3-6-13-7-4-5-10-16(13)14-11-12(2)8-9-15(14)17/h12-15,17H,3-11H2,1-2H3. The highest BCUT2D eigenvalue weighted by molar-refractivity contribution is 4.90. The molecule has 1 aliphatic heterocycles. The molecule has 4 unspecified atom stereocenters. The smallest absolute Gasteiger partial charge is 0.0695 e. The lowest BCUT2D eigenvalue weighted by Crippen LogP contribution is -2.53. The fraction of sp³-hybridized carbons (Fsp3) is 1.00. The van der Waals surface area contributed by atoms with Crippen LogP contribution in [0.25, 0.3) is 0 Å². The Morgan fingerprint density at radius 1 is 1.18 bits per heavy atom. The first-order valence-corrected chi connectivity index (χ1v) is 7.66. The van der Waals surface area contributed by atoms with Gasteiger partial charge in [-0.3, -0.25) is 4.90 Å². The van der Waals surface area contributed by atoms with Crippen molar-refractivity contribution in [3.63, 3.8) is 0 Å². The molecule has 0 radical (unpaired) electrons. The van der Waals surface area contributed by atoms with E-state index in [1.807, 2.05) is 0 Å². The summed E-state index contributed by atoms with van der Waals surface area (Å²) in [6.45, 7) is 5.85. The van der Waals surface area contributed by atoms with Crippen molar-refractivity contribution in [2.45, 2.75) is 83.4 Å². The van der Waals surface area contributed by atoms with Crippen LogP contribution in [0, 0.1) is 5.92 Å². The Bertz CT molecular complexity index is 229. The molecular formula is C15H29NO. The van der Waals surface area contributed by atoms with Gasteiger partial charge in [0, 0.05) is 12.1 Å². The summed E-state index contributed by atoms with van der Waals surface area (Å²) in [6, 6.07) is 1.20. The maximum absolute atomic E-state index is 10.3. The summed E-state index contributed by atoms with van der Waals surface area (Å²) in [5, 5.41) is 10.3. The second-order valence-electron chi connectivity index (χ2n) is 6.23. The SMILES string of the molecule is CCCC1CCCCN1C1CC(C)CCC1O. The first-order valence-electron chi connectivity index (χ1n) is 7.66. The van der Waals surface area contributed by atoms with Crippen LogP contribution in [0.1, 0.15) is 65.2 Å². The largest absolute Gasteiger partial charge is 0.391 e. The molecule has 0 amide bonds. The second-order valence-corrected chi connectivity index (χ2v) is 6.23. The lowest BCUT2D eigenvalue weighted by molar-refractivity contribution is -0.0281. The zero-order valence-corrected chi connectivity index (χ0v) is 11.6. The Labute approximate surface area is 106 Å². The van der Waals surface area contributed by atoms with Crippen LogP contribution in [0.15, 0.2) is 0 Å². The van der Waals surface area contributed by atoms with Crippen LogP contribution in [0.3, 0.4) is 0 Å². The third-order valence-corrected chi connectivity index (χ3v) is 4.76. The minimum absolute atomic E-state index is 0.0661. The predicted molar refractivity (Wildman–Crippen MR) is 72.1 cm³/mol. The van der Waals surface area contributed by atoms with Crippen molar-refractivity contribution < 1.29 is 5.11 Å². The quantitative estimate of drug-likeness (QED) is 0.817. The number of piperidine rings is 1. The number of hydrogen-bond acceptors (Lipinski definition) is 2. The Morgan fingerprint density at radius 2 is 2.00 bits per heavy atom. The van der Waals surface area contributed by atoms with Gasteiger partial charge in [0.1, 0.15) is 0 Å². The predicted octanol–water partition coefficient (Wildman–Crippen LogP) is 3.19. The summed E-state index contributed by atoms with van der Waals surface area (Å²) < 4.78 is 0. The molecule has 2 heteroatoms. The Kier molecular flexibility index (Phi) is 4.87. The highest BCUT2D eigenvalue weighted by Crippen LogP contribution is 2.32. The van der Waals surface area contributed by atoms with Crippen molar-refractivity contribution in [3.05, 3.63) is 0 Å². The molecule has 2 fully saturated rings. The molecule has 17 heavy (non-hydrogen) atoms. The highest BCUT2D eigenvalue weighted by Gasteiger charge is 2.35. The molecule has 100 valence electrons. The molecule has 0 aromatic heterocycles. The molecule has 1 saturated carbocycles. The Morgan fingerprint density at radius 3 is 2.76 bits per heavy atom. The van der Waals surface area contributed by atoms with Crippen molar-refractivity contribution in [3.8, 4) is 0 Å². The maximum Gasteiger partial charge on any atom is 0.0695 e. The number of aliphatic hydroxyl groups is 1. The average molecular weight is 239 g/mol. The van der Waals surface area contributed by atoms with E-state index >= 15 is 0 Å². The van der Waals surface area contributed by atoms with Crippen molar-refractivity contribution in [1.82, 2.24) is 4.90 Å². The topological polar surface area (TPSA) is 23.5 Å². The molecule has 0 spiro atoms. The van der Waals surface area contributed by atoms with Gasteiger partial charge in [0.2, 0.25) is 0 Å². The summed E-state index contributed by atoms with van der Waals surface area (Å²) in [5.41, 5.74) is 0. The first kappa shape index (κ1) is 13.4. The molecule has 0 aromatic carbocycles. The number of aliphatic hydroxyl groups excluding tert-OH is 1. The van der Waals surface area contributed by atoms with Crippen LogP contribution < -0.4 is 0 Å². The Balaban J connectivity index is 2.01.